The summed E-state index contributed by atoms with van der Waals surface area (Å²) >= 11 is 0. The number of hydrogen-bond donors (Lipinski definition) is 2. The van der Waals surface area contributed by atoms with Crippen LogP contribution in [0.2, 0.25) is 0 Å². The molecule has 200 valence electrons. The largest absolute Gasteiger partial charge is 0.443 e. The number of nitrogens with zero attached hydrogens (tertiary/aromatic N) is 5. The van der Waals surface area contributed by atoms with Gasteiger partial charge in [-0.2, -0.15) is 9.61 Å². The second-order valence-corrected chi connectivity index (χ2v) is 11.6. The zero-order valence-electron chi connectivity index (χ0n) is 22.6. The highest BCUT2D eigenvalue weighted by molar-refractivity contribution is 5.96. The highest BCUT2D eigenvalue weighted by Gasteiger charge is 2.32. The highest BCUT2D eigenvalue weighted by atomic mass is 16.6. The molecule has 5 rings (SSSR count). The fraction of sp³-hybridized carbons (Fsp3) is 0.517. The number of anilines is 3. The van der Waals surface area contributed by atoms with Gasteiger partial charge in [0.2, 0.25) is 0 Å². The standard InChI is InChI=1S/C29H36N6O3/c1-18-12-21(30-5)14-22(13-18)34(28(37)38-29(2,3)4)26-15-25(31-16-20-8-6-7-9-24(20)36)33-27-23(19-10-11-19)17-32-35(26)27/h12-15,17,19-20,24,36H,6-11,16H2,1-4H3,(H,31,33)/t20-,24+/m1/s1. The van der Waals surface area contributed by atoms with Gasteiger partial charge in [-0.1, -0.05) is 24.5 Å². The first-order valence-electron chi connectivity index (χ1n) is 13.5. The van der Waals surface area contributed by atoms with E-state index in [2.05, 4.69) is 15.3 Å². The summed E-state index contributed by atoms with van der Waals surface area (Å²) in [5.74, 6) is 1.65. The molecule has 2 heterocycles. The molecule has 0 saturated heterocycles. The van der Waals surface area contributed by atoms with Crippen LogP contribution in [0.5, 0.6) is 0 Å². The molecule has 0 radical (unpaired) electrons. The SMILES string of the molecule is [C-]#[N+]c1cc(C)cc(N(C(=O)OC(C)(C)C)c2cc(NC[C@H]3CCCC[C@@H]3O)nc3c(C4CC4)cnn23)c1. The molecule has 9 nitrogen and oxygen atoms in total. The Hall–Kier alpha value is -3.64. The first-order valence-corrected chi connectivity index (χ1v) is 13.5. The fourth-order valence-corrected chi connectivity index (χ4v) is 5.13. The molecule has 2 aromatic heterocycles. The van der Waals surface area contributed by atoms with Crippen molar-refractivity contribution in [3.8, 4) is 0 Å². The fourth-order valence-electron chi connectivity index (χ4n) is 5.13. The lowest BCUT2D eigenvalue weighted by molar-refractivity contribution is 0.0597. The Morgan fingerprint density at radius 1 is 1.21 bits per heavy atom. The Balaban J connectivity index is 1.62. The molecule has 0 aliphatic heterocycles. The first-order chi connectivity index (χ1) is 18.1. The number of aryl methyl sites for hydroxylation is 1. The Labute approximate surface area is 223 Å². The molecule has 0 unspecified atom stereocenters. The number of hydrogen-bond acceptors (Lipinski definition) is 6. The molecule has 2 fully saturated rings. The number of amides is 1. The van der Waals surface area contributed by atoms with Crippen molar-refractivity contribution in [3.05, 3.63) is 53.0 Å². The Morgan fingerprint density at radius 2 is 1.97 bits per heavy atom. The van der Waals surface area contributed by atoms with Crippen molar-refractivity contribution in [2.45, 2.75) is 83.8 Å². The number of aliphatic hydroxyl groups is 1. The van der Waals surface area contributed by atoms with Gasteiger partial charge in [0, 0.05) is 29.8 Å². The molecule has 0 spiro atoms. The number of fused-ring (bicyclic) bond motifs is 1. The van der Waals surface area contributed by atoms with E-state index in [0.29, 0.717) is 41.1 Å². The molecule has 38 heavy (non-hydrogen) atoms. The summed E-state index contributed by atoms with van der Waals surface area (Å²) in [5.41, 5.74) is 2.84. The number of aromatic nitrogens is 3. The molecule has 1 aromatic carbocycles. The normalized spacial score (nSPS) is 19.7. The van der Waals surface area contributed by atoms with Gasteiger partial charge in [-0.25, -0.2) is 19.5 Å². The van der Waals surface area contributed by atoms with Crippen LogP contribution in [-0.4, -0.2) is 44.0 Å². The van der Waals surface area contributed by atoms with Crippen LogP contribution in [-0.2, 0) is 4.74 Å². The zero-order valence-corrected chi connectivity index (χ0v) is 22.6. The van der Waals surface area contributed by atoms with E-state index in [0.717, 1.165) is 49.7 Å². The van der Waals surface area contributed by atoms with Crippen molar-refractivity contribution in [2.24, 2.45) is 5.92 Å². The van der Waals surface area contributed by atoms with Gasteiger partial charge in [-0.15, -0.1) is 0 Å². The van der Waals surface area contributed by atoms with Gasteiger partial charge < -0.3 is 15.2 Å². The van der Waals surface area contributed by atoms with Gasteiger partial charge in [0.05, 0.1) is 18.9 Å². The van der Waals surface area contributed by atoms with Crippen LogP contribution >= 0.6 is 0 Å². The molecular weight excluding hydrogens is 480 g/mol. The summed E-state index contributed by atoms with van der Waals surface area (Å²) in [4.78, 5) is 23.7. The molecule has 3 aromatic rings. The molecule has 0 bridgehead atoms. The predicted octanol–water partition coefficient (Wildman–Crippen LogP) is 6.50. The van der Waals surface area contributed by atoms with Gasteiger partial charge in [-0.3, -0.25) is 0 Å². The quantitative estimate of drug-likeness (QED) is 0.363. The minimum Gasteiger partial charge on any atom is -0.443 e. The van der Waals surface area contributed by atoms with Crippen LogP contribution in [0.1, 0.15) is 76.3 Å². The van der Waals surface area contributed by atoms with E-state index in [1.54, 1.807) is 22.7 Å². The number of carbonyl (C=O) groups is 1. The third-order valence-electron chi connectivity index (χ3n) is 7.15. The summed E-state index contributed by atoms with van der Waals surface area (Å²) in [7, 11) is 0. The molecule has 1 amide bonds. The second-order valence-electron chi connectivity index (χ2n) is 11.6. The molecule has 2 aliphatic rings. The number of rotatable bonds is 6. The lowest BCUT2D eigenvalue weighted by Crippen LogP contribution is -2.35. The Bertz CT molecular complexity index is 1380. The molecule has 2 saturated carbocycles. The summed E-state index contributed by atoms with van der Waals surface area (Å²) in [5, 5.41) is 18.6. The van der Waals surface area contributed by atoms with Crippen LogP contribution in [0.25, 0.3) is 10.5 Å². The molecule has 2 atom stereocenters. The third-order valence-corrected chi connectivity index (χ3v) is 7.15. The van der Waals surface area contributed by atoms with Crippen LogP contribution in [0, 0.1) is 19.4 Å². The summed E-state index contributed by atoms with van der Waals surface area (Å²) in [6.45, 7) is 15.5. The van der Waals surface area contributed by atoms with Crippen molar-refractivity contribution in [3.63, 3.8) is 0 Å². The zero-order chi connectivity index (χ0) is 27.0. The number of ether oxygens (including phenoxy) is 1. The second kappa shape index (κ2) is 10.3. The molecule has 2 N–H and O–H groups in total. The van der Waals surface area contributed by atoms with Crippen molar-refractivity contribution >= 4 is 34.8 Å². The van der Waals surface area contributed by atoms with Crippen LogP contribution < -0.4 is 10.2 Å². The monoisotopic (exact) mass is 516 g/mol. The minimum absolute atomic E-state index is 0.151. The first kappa shape index (κ1) is 26.0. The van der Waals surface area contributed by atoms with E-state index in [9.17, 15) is 9.90 Å². The number of benzene rings is 1. The summed E-state index contributed by atoms with van der Waals surface area (Å²) in [6, 6.07) is 7.14. The average Bonchev–Trinajstić information content (AvgIpc) is 3.61. The number of carbonyl (C=O) groups excluding carboxylic acids is 1. The summed E-state index contributed by atoms with van der Waals surface area (Å²) < 4.78 is 7.53. The van der Waals surface area contributed by atoms with E-state index < -0.39 is 11.7 Å². The summed E-state index contributed by atoms with van der Waals surface area (Å²) in [6.07, 6.45) is 7.08. The van der Waals surface area contributed by atoms with E-state index >= 15 is 0 Å². The van der Waals surface area contributed by atoms with Gasteiger partial charge in [-0.05, 0) is 71.4 Å². The van der Waals surface area contributed by atoms with Crippen molar-refractivity contribution in [2.75, 3.05) is 16.8 Å². The van der Waals surface area contributed by atoms with Crippen molar-refractivity contribution < 1.29 is 14.6 Å². The van der Waals surface area contributed by atoms with Gasteiger partial charge in [0.25, 0.3) is 0 Å². The number of aliphatic hydroxyl groups excluding tert-OH is 1. The number of nitrogens with one attached hydrogen (secondary N) is 1. The van der Waals surface area contributed by atoms with E-state index in [1.807, 2.05) is 40.0 Å². The smallest absolute Gasteiger partial charge is 0.420 e. The molecular formula is C29H36N6O3. The average molecular weight is 517 g/mol. The Morgan fingerprint density at radius 3 is 2.66 bits per heavy atom. The molecule has 9 heteroatoms. The van der Waals surface area contributed by atoms with E-state index in [4.69, 9.17) is 16.3 Å². The lowest BCUT2D eigenvalue weighted by Gasteiger charge is -2.29. The van der Waals surface area contributed by atoms with E-state index in [-0.39, 0.29) is 12.0 Å². The van der Waals surface area contributed by atoms with Crippen molar-refractivity contribution in [1.82, 2.24) is 14.6 Å². The Kier molecular flexibility index (Phi) is 7.01. The van der Waals surface area contributed by atoms with Crippen LogP contribution in [0.3, 0.4) is 0 Å². The lowest BCUT2D eigenvalue weighted by atomic mass is 9.86. The van der Waals surface area contributed by atoms with E-state index in [1.165, 1.54) is 4.90 Å². The minimum atomic E-state index is -0.727. The predicted molar refractivity (Wildman–Crippen MR) is 147 cm³/mol. The van der Waals surface area contributed by atoms with Gasteiger partial charge >= 0.3 is 6.09 Å². The van der Waals surface area contributed by atoms with Gasteiger partial charge in [0.1, 0.15) is 17.2 Å². The maximum atomic E-state index is 13.7. The third kappa shape index (κ3) is 5.60. The molecule has 2 aliphatic carbocycles. The van der Waals surface area contributed by atoms with Crippen molar-refractivity contribution in [1.29, 1.82) is 0 Å². The van der Waals surface area contributed by atoms with Crippen LogP contribution in [0.15, 0.2) is 30.5 Å². The maximum Gasteiger partial charge on any atom is 0.420 e. The highest BCUT2D eigenvalue weighted by Crippen LogP contribution is 2.43. The van der Waals surface area contributed by atoms with Crippen LogP contribution in [0.4, 0.5) is 27.8 Å². The van der Waals surface area contributed by atoms with Gasteiger partial charge in [0.15, 0.2) is 11.3 Å². The topological polar surface area (TPSA) is 96.4 Å². The maximum absolute atomic E-state index is 13.7.